The van der Waals surface area contributed by atoms with E-state index in [-0.39, 0.29) is 6.07 Å². The fraction of sp³-hybridized carbons (Fsp3) is 0.364. The van der Waals surface area contributed by atoms with Crippen LogP contribution in [0.3, 0.4) is 0 Å². The Bertz CT molecular complexity index is 476. The molecule has 0 saturated carbocycles. The number of benzene rings is 1. The highest BCUT2D eigenvalue weighted by Gasteiger charge is 2.37. The van der Waals surface area contributed by atoms with Gasteiger partial charge in [-0.2, -0.15) is 26.3 Å². The van der Waals surface area contributed by atoms with Crippen LogP contribution in [0.25, 0.3) is 0 Å². The lowest BCUT2D eigenvalue weighted by Crippen LogP contribution is -2.24. The van der Waals surface area contributed by atoms with E-state index in [1.807, 2.05) is 0 Å². The molecule has 1 atom stereocenters. The molecule has 0 unspecified atom stereocenters. The smallest absolute Gasteiger partial charge is 0.416 e. The van der Waals surface area contributed by atoms with Gasteiger partial charge in [-0.15, -0.1) is 0 Å². The summed E-state index contributed by atoms with van der Waals surface area (Å²) in [6.45, 7) is 0. The van der Waals surface area contributed by atoms with Crippen LogP contribution in [0.5, 0.6) is 0 Å². The molecule has 0 aliphatic heterocycles. The minimum Gasteiger partial charge on any atom is -0.468 e. The largest absolute Gasteiger partial charge is 0.468 e. The van der Waals surface area contributed by atoms with Crippen LogP contribution in [0.15, 0.2) is 18.2 Å². The summed E-state index contributed by atoms with van der Waals surface area (Å²) in [6.07, 6.45) is -9.99. The van der Waals surface area contributed by atoms with Gasteiger partial charge in [-0.1, -0.05) is 0 Å². The second-order valence-corrected chi connectivity index (χ2v) is 3.84. The van der Waals surface area contributed by atoms with E-state index in [9.17, 15) is 31.1 Å². The number of carbonyl (C=O) groups excluding carboxylic acids is 1. The van der Waals surface area contributed by atoms with Crippen molar-refractivity contribution in [3.05, 3.63) is 34.9 Å². The van der Waals surface area contributed by atoms with Crippen LogP contribution >= 0.6 is 0 Å². The minimum atomic E-state index is -4.99. The molecule has 20 heavy (non-hydrogen) atoms. The average Bonchev–Trinajstić information content (AvgIpc) is 2.34. The molecule has 1 aromatic rings. The lowest BCUT2D eigenvalue weighted by Gasteiger charge is -2.16. The van der Waals surface area contributed by atoms with Crippen molar-refractivity contribution in [3.8, 4) is 0 Å². The molecule has 3 nitrogen and oxygen atoms in total. The van der Waals surface area contributed by atoms with Crippen LogP contribution in [0, 0.1) is 0 Å². The molecular weight excluding hydrogens is 292 g/mol. The molecule has 0 aliphatic carbocycles. The van der Waals surface area contributed by atoms with Crippen molar-refractivity contribution < 1.29 is 35.9 Å². The van der Waals surface area contributed by atoms with Gasteiger partial charge in [-0.25, -0.2) is 0 Å². The number of nitrogens with two attached hydrogens (primary N) is 1. The molecule has 2 N–H and O–H groups in total. The maximum atomic E-state index is 12.6. The number of halogens is 6. The summed E-state index contributed by atoms with van der Waals surface area (Å²) in [6, 6.07) is -1.01. The zero-order valence-electron chi connectivity index (χ0n) is 9.97. The first-order valence-corrected chi connectivity index (χ1v) is 5.09. The molecule has 0 saturated heterocycles. The van der Waals surface area contributed by atoms with Crippen LogP contribution < -0.4 is 5.73 Å². The van der Waals surface area contributed by atoms with E-state index in [4.69, 9.17) is 5.73 Å². The first-order chi connectivity index (χ1) is 8.96. The van der Waals surface area contributed by atoms with E-state index in [1.165, 1.54) is 0 Å². The fourth-order valence-electron chi connectivity index (χ4n) is 1.42. The molecule has 9 heteroatoms. The third kappa shape index (κ3) is 3.62. The molecule has 0 aromatic heterocycles. The Morgan fingerprint density at radius 1 is 1.05 bits per heavy atom. The number of rotatable bonds is 2. The topological polar surface area (TPSA) is 52.3 Å². The highest BCUT2D eigenvalue weighted by Crippen LogP contribution is 2.37. The SMILES string of the molecule is COC(=O)[C@@H](N)c1cc(C(F)(F)F)cc(C(F)(F)F)c1. The Morgan fingerprint density at radius 3 is 1.75 bits per heavy atom. The summed E-state index contributed by atoms with van der Waals surface area (Å²) < 4.78 is 79.5. The third-order valence-electron chi connectivity index (χ3n) is 2.42. The van der Waals surface area contributed by atoms with E-state index in [2.05, 4.69) is 4.74 Å². The van der Waals surface area contributed by atoms with Crippen molar-refractivity contribution in [3.63, 3.8) is 0 Å². The normalized spacial score (nSPS) is 14.0. The van der Waals surface area contributed by atoms with Crippen LogP contribution in [-0.4, -0.2) is 13.1 Å². The molecule has 0 aliphatic rings. The van der Waals surface area contributed by atoms with Crippen molar-refractivity contribution in [2.24, 2.45) is 5.73 Å². The molecular formula is C11H9F6NO2. The summed E-state index contributed by atoms with van der Waals surface area (Å²) in [5.41, 5.74) is 1.56. The summed E-state index contributed by atoms with van der Waals surface area (Å²) in [5.74, 6) is -1.14. The van der Waals surface area contributed by atoms with Gasteiger partial charge in [0, 0.05) is 0 Å². The molecule has 1 rings (SSSR count). The van der Waals surface area contributed by atoms with Gasteiger partial charge in [0.1, 0.15) is 6.04 Å². The second kappa shape index (κ2) is 5.31. The Morgan fingerprint density at radius 2 is 1.45 bits per heavy atom. The molecule has 0 amide bonds. The molecule has 112 valence electrons. The van der Waals surface area contributed by atoms with Crippen molar-refractivity contribution in [2.45, 2.75) is 18.4 Å². The lowest BCUT2D eigenvalue weighted by atomic mass is 10.00. The molecule has 1 aromatic carbocycles. The van der Waals surface area contributed by atoms with Crippen molar-refractivity contribution in [2.75, 3.05) is 7.11 Å². The summed E-state index contributed by atoms with van der Waals surface area (Å²) in [5, 5.41) is 0. The first-order valence-electron chi connectivity index (χ1n) is 5.09. The maximum absolute atomic E-state index is 12.6. The summed E-state index contributed by atoms with van der Waals surface area (Å²) in [7, 11) is 0.917. The standard InChI is InChI=1S/C11H9F6NO2/c1-20-9(19)8(18)5-2-6(10(12,13)14)4-7(3-5)11(15,16)17/h2-4,8H,18H2,1H3/t8-/m0/s1. The maximum Gasteiger partial charge on any atom is 0.416 e. The van der Waals surface area contributed by atoms with E-state index < -0.39 is 41.1 Å². The number of ether oxygens (including phenoxy) is 1. The van der Waals surface area contributed by atoms with Crippen molar-refractivity contribution in [1.82, 2.24) is 0 Å². The number of hydrogen-bond donors (Lipinski definition) is 1. The lowest BCUT2D eigenvalue weighted by molar-refractivity contribution is -0.145. The predicted molar refractivity (Wildman–Crippen MR) is 55.4 cm³/mol. The van der Waals surface area contributed by atoms with Crippen LogP contribution in [-0.2, 0) is 21.9 Å². The van der Waals surface area contributed by atoms with Gasteiger partial charge < -0.3 is 10.5 Å². The minimum absolute atomic E-state index is 0.0481. The van der Waals surface area contributed by atoms with E-state index in [0.29, 0.717) is 12.1 Å². The average molecular weight is 301 g/mol. The Balaban J connectivity index is 3.42. The Labute approximate surface area is 109 Å². The highest BCUT2D eigenvalue weighted by atomic mass is 19.4. The number of alkyl halides is 6. The fourth-order valence-corrected chi connectivity index (χ4v) is 1.42. The zero-order valence-corrected chi connectivity index (χ0v) is 9.97. The summed E-state index contributed by atoms with van der Waals surface area (Å²) in [4.78, 5) is 11.1. The zero-order chi connectivity index (χ0) is 15.7. The highest BCUT2D eigenvalue weighted by molar-refractivity contribution is 5.77. The molecule has 0 heterocycles. The third-order valence-corrected chi connectivity index (χ3v) is 2.42. The van der Waals surface area contributed by atoms with Gasteiger partial charge in [0.15, 0.2) is 0 Å². The molecule has 0 bridgehead atoms. The number of hydrogen-bond acceptors (Lipinski definition) is 3. The number of carbonyl (C=O) groups is 1. The van der Waals surface area contributed by atoms with Gasteiger partial charge in [-0.05, 0) is 23.8 Å². The van der Waals surface area contributed by atoms with E-state index >= 15 is 0 Å². The van der Waals surface area contributed by atoms with Gasteiger partial charge in [0.05, 0.1) is 18.2 Å². The van der Waals surface area contributed by atoms with E-state index in [1.54, 1.807) is 0 Å². The van der Waals surface area contributed by atoms with Gasteiger partial charge in [0.25, 0.3) is 0 Å². The van der Waals surface area contributed by atoms with Crippen LogP contribution in [0.1, 0.15) is 22.7 Å². The molecule has 0 radical (unpaired) electrons. The second-order valence-electron chi connectivity index (χ2n) is 3.84. The quantitative estimate of drug-likeness (QED) is 0.675. The van der Waals surface area contributed by atoms with E-state index in [0.717, 1.165) is 7.11 Å². The van der Waals surface area contributed by atoms with Crippen LogP contribution in [0.4, 0.5) is 26.3 Å². The molecule has 0 fully saturated rings. The van der Waals surface area contributed by atoms with Gasteiger partial charge in [-0.3, -0.25) is 4.79 Å². The Kier molecular flexibility index (Phi) is 4.33. The monoisotopic (exact) mass is 301 g/mol. The number of methoxy groups -OCH3 is 1. The van der Waals surface area contributed by atoms with Crippen molar-refractivity contribution in [1.29, 1.82) is 0 Å². The van der Waals surface area contributed by atoms with Gasteiger partial charge in [0.2, 0.25) is 0 Å². The number of esters is 1. The Hall–Kier alpha value is -1.77. The predicted octanol–water partition coefficient (Wildman–Crippen LogP) is 2.90. The summed E-state index contributed by atoms with van der Waals surface area (Å²) >= 11 is 0. The molecule has 0 spiro atoms. The van der Waals surface area contributed by atoms with Gasteiger partial charge >= 0.3 is 18.3 Å². The van der Waals surface area contributed by atoms with Crippen LogP contribution in [0.2, 0.25) is 0 Å². The first kappa shape index (κ1) is 16.3. The van der Waals surface area contributed by atoms with Crippen molar-refractivity contribution >= 4 is 5.97 Å².